The lowest BCUT2D eigenvalue weighted by Crippen LogP contribution is -2.38. The SMILES string of the molecule is c1ccc(C2=c3c4cc(N(c5ccc6c(c5)C(c5ccccc5)(c5ccccc5)c5ccccc5-6)c5cccc6c5-c5ccccc5C6(c5ccccc5)c5ccccc5)ccc4cc(-c4ccccc4)[n+]3=NC2c2ccccc2)cc1. The van der Waals surface area contributed by atoms with E-state index in [-0.39, 0.29) is 6.04 Å². The Hall–Kier alpha value is -10.5. The molecule has 0 fully saturated rings. The monoisotopic (exact) mass is 1040 g/mol. The maximum Gasteiger partial charge on any atom is 0.252 e. The highest BCUT2D eigenvalue weighted by atomic mass is 15.2. The number of benzene rings is 12. The van der Waals surface area contributed by atoms with Crippen molar-refractivity contribution >= 4 is 33.4 Å². The number of hydrogen-bond donors (Lipinski definition) is 0. The van der Waals surface area contributed by atoms with Gasteiger partial charge in [-0.1, -0.05) is 273 Å². The molecule has 1 atom stereocenters. The van der Waals surface area contributed by atoms with Crippen molar-refractivity contribution in [2.24, 2.45) is 5.11 Å². The van der Waals surface area contributed by atoms with Gasteiger partial charge in [0.15, 0.2) is 6.04 Å². The molecule has 384 valence electrons. The van der Waals surface area contributed by atoms with Gasteiger partial charge in [0.25, 0.3) is 5.35 Å². The minimum atomic E-state index is -0.612. The Morgan fingerprint density at radius 1 is 0.341 bits per heavy atom. The number of anilines is 3. The van der Waals surface area contributed by atoms with E-state index >= 15 is 0 Å². The highest BCUT2D eigenvalue weighted by Gasteiger charge is 2.49. The summed E-state index contributed by atoms with van der Waals surface area (Å²) < 4.78 is 2.25. The summed E-state index contributed by atoms with van der Waals surface area (Å²) in [4.78, 5) is 2.57. The molecule has 16 rings (SSSR count). The van der Waals surface area contributed by atoms with Gasteiger partial charge in [-0.3, -0.25) is 0 Å². The Labute approximate surface area is 478 Å². The molecular weight excluding hydrogens is 991 g/mol. The maximum absolute atomic E-state index is 5.74. The molecule has 0 saturated carbocycles. The van der Waals surface area contributed by atoms with E-state index < -0.39 is 10.8 Å². The van der Waals surface area contributed by atoms with Crippen molar-refractivity contribution in [3.8, 4) is 33.5 Å². The van der Waals surface area contributed by atoms with Crippen LogP contribution in [0.5, 0.6) is 0 Å². The summed E-state index contributed by atoms with van der Waals surface area (Å²) in [6, 6.07) is 119. The van der Waals surface area contributed by atoms with Crippen LogP contribution in [0.25, 0.3) is 49.9 Å². The van der Waals surface area contributed by atoms with Gasteiger partial charge < -0.3 is 4.90 Å². The average molecular weight is 1050 g/mol. The standard InChI is InChI=1S/C79H54N3/c1-8-27-54(28-9-1)73-51-57-47-48-62(52-67(57)77-74(55-29-10-2-11-30-55)76(80-82(73)77)56-31-12-3-13-32-56)81(63-49-50-65-64-41-22-24-43-68(64)79(71(65)53-63,60-37-18-6-19-38-60)61-39-20-7-21-40-61)72-46-26-45-70-75(72)66-42-23-25-44-69(66)78(70,58-33-14-4-15-34-58)59-35-16-5-17-36-59/h1-53,76H/q+1. The van der Waals surface area contributed by atoms with Crippen molar-refractivity contribution in [2.75, 3.05) is 4.90 Å². The van der Waals surface area contributed by atoms with E-state index in [4.69, 9.17) is 5.11 Å². The summed E-state index contributed by atoms with van der Waals surface area (Å²) in [7, 11) is 0. The largest absolute Gasteiger partial charge is 0.310 e. The quantitative estimate of drug-likeness (QED) is 0.125. The third-order valence-corrected chi connectivity index (χ3v) is 17.7. The van der Waals surface area contributed by atoms with Gasteiger partial charge in [0.05, 0.1) is 27.5 Å². The fourth-order valence-corrected chi connectivity index (χ4v) is 14.4. The van der Waals surface area contributed by atoms with Crippen molar-refractivity contribution in [3.05, 3.63) is 383 Å². The third-order valence-electron chi connectivity index (χ3n) is 17.7. The van der Waals surface area contributed by atoms with Crippen LogP contribution < -0.4 is 14.6 Å². The molecule has 2 heterocycles. The number of pyridine rings is 1. The molecule has 1 aromatic heterocycles. The molecule has 2 aliphatic carbocycles. The minimum absolute atomic E-state index is 0.253. The zero-order valence-electron chi connectivity index (χ0n) is 45.0. The molecule has 3 nitrogen and oxygen atoms in total. The lowest BCUT2D eigenvalue weighted by molar-refractivity contribution is -0.546. The second kappa shape index (κ2) is 19.1. The van der Waals surface area contributed by atoms with Gasteiger partial charge in [0.1, 0.15) is 0 Å². The molecule has 0 spiro atoms. The molecule has 3 aliphatic rings. The van der Waals surface area contributed by atoms with Gasteiger partial charge in [-0.2, -0.15) is 0 Å². The maximum atomic E-state index is 5.74. The van der Waals surface area contributed by atoms with Gasteiger partial charge in [0.2, 0.25) is 5.69 Å². The number of aromatic nitrogens is 1. The van der Waals surface area contributed by atoms with Crippen LogP contribution in [0.15, 0.2) is 327 Å². The molecular formula is C79H54N3+. The van der Waals surface area contributed by atoms with Crippen molar-refractivity contribution < 1.29 is 4.36 Å². The van der Waals surface area contributed by atoms with E-state index in [2.05, 4.69) is 331 Å². The normalized spacial score (nSPS) is 14.7. The summed E-state index contributed by atoms with van der Waals surface area (Å²) in [6.07, 6.45) is 0. The van der Waals surface area contributed by atoms with Crippen LogP contribution in [0.4, 0.5) is 17.1 Å². The summed E-state index contributed by atoms with van der Waals surface area (Å²) in [5, 5.41) is 9.09. The second-order valence-corrected chi connectivity index (χ2v) is 21.9. The Bertz CT molecular complexity index is 4640. The molecule has 0 N–H and O–H groups in total. The first kappa shape index (κ1) is 47.5. The Balaban J connectivity index is 1.04. The van der Waals surface area contributed by atoms with E-state index in [0.717, 1.165) is 55.6 Å². The van der Waals surface area contributed by atoms with Crippen molar-refractivity contribution in [1.29, 1.82) is 0 Å². The number of nitrogens with zero attached hydrogens (tertiary/aromatic N) is 3. The second-order valence-electron chi connectivity index (χ2n) is 21.9. The van der Waals surface area contributed by atoms with E-state index in [1.807, 2.05) is 0 Å². The van der Waals surface area contributed by atoms with Crippen LogP contribution >= 0.6 is 0 Å². The summed E-state index contributed by atoms with van der Waals surface area (Å²) >= 11 is 0. The zero-order chi connectivity index (χ0) is 54.2. The Morgan fingerprint density at radius 3 is 1.39 bits per heavy atom. The van der Waals surface area contributed by atoms with Crippen LogP contribution in [-0.4, -0.2) is 0 Å². The minimum Gasteiger partial charge on any atom is -0.310 e. The van der Waals surface area contributed by atoms with Crippen LogP contribution in [0.1, 0.15) is 61.7 Å². The van der Waals surface area contributed by atoms with Crippen LogP contribution in [0, 0.1) is 0 Å². The molecule has 1 aliphatic heterocycles. The first-order chi connectivity index (χ1) is 40.7. The molecule has 12 aromatic carbocycles. The van der Waals surface area contributed by atoms with Crippen LogP contribution in [-0.2, 0) is 10.8 Å². The number of fused-ring (bicyclic) bond motifs is 9. The molecule has 3 heteroatoms. The van der Waals surface area contributed by atoms with E-state index in [9.17, 15) is 0 Å². The number of rotatable bonds is 10. The molecule has 13 aromatic rings. The Morgan fingerprint density at radius 2 is 0.793 bits per heavy atom. The van der Waals surface area contributed by atoms with Crippen LogP contribution in [0.3, 0.4) is 0 Å². The fraction of sp³-hybridized carbons (Fsp3) is 0.0380. The lowest BCUT2D eigenvalue weighted by atomic mass is 9.67. The van der Waals surface area contributed by atoms with Gasteiger partial charge in [-0.25, -0.2) is 0 Å². The van der Waals surface area contributed by atoms with Crippen molar-refractivity contribution in [1.82, 2.24) is 0 Å². The van der Waals surface area contributed by atoms with Crippen LogP contribution in [0.2, 0.25) is 0 Å². The molecule has 0 radical (unpaired) electrons. The highest BCUT2D eigenvalue weighted by molar-refractivity contribution is 6.00. The summed E-state index contributed by atoms with van der Waals surface area (Å²) in [5.41, 5.74) is 22.5. The molecule has 0 bridgehead atoms. The van der Waals surface area contributed by atoms with Gasteiger partial charge >= 0.3 is 0 Å². The first-order valence-corrected chi connectivity index (χ1v) is 28.5. The lowest BCUT2D eigenvalue weighted by Gasteiger charge is -2.35. The Kier molecular flexibility index (Phi) is 11.1. The topological polar surface area (TPSA) is 21.5 Å². The molecule has 1 unspecified atom stereocenters. The van der Waals surface area contributed by atoms with E-state index in [1.54, 1.807) is 0 Å². The highest BCUT2D eigenvalue weighted by Crippen LogP contribution is 2.61. The molecule has 0 amide bonds. The van der Waals surface area contributed by atoms with Crippen molar-refractivity contribution in [2.45, 2.75) is 16.9 Å². The van der Waals surface area contributed by atoms with Crippen molar-refractivity contribution in [3.63, 3.8) is 0 Å². The predicted molar refractivity (Wildman–Crippen MR) is 334 cm³/mol. The third kappa shape index (κ3) is 7.03. The van der Waals surface area contributed by atoms with E-state index in [1.165, 1.54) is 72.3 Å². The summed E-state index contributed by atoms with van der Waals surface area (Å²) in [5.74, 6) is 0. The van der Waals surface area contributed by atoms with Gasteiger partial charge in [-0.15, -0.1) is 0 Å². The molecule has 0 saturated heterocycles. The summed E-state index contributed by atoms with van der Waals surface area (Å²) in [6.45, 7) is 0. The van der Waals surface area contributed by atoms with Gasteiger partial charge in [-0.05, 0) is 130 Å². The molecule has 82 heavy (non-hydrogen) atoms. The zero-order valence-corrected chi connectivity index (χ0v) is 45.0. The fourth-order valence-electron chi connectivity index (χ4n) is 14.4. The number of hydrogen-bond acceptors (Lipinski definition) is 2. The van der Waals surface area contributed by atoms with E-state index in [0.29, 0.717) is 0 Å². The average Bonchev–Trinajstić information content (AvgIpc) is 4.14. The smallest absolute Gasteiger partial charge is 0.252 e. The predicted octanol–water partition coefficient (Wildman–Crippen LogP) is 18.0. The van der Waals surface area contributed by atoms with Gasteiger partial charge in [0, 0.05) is 28.6 Å². The first-order valence-electron chi connectivity index (χ1n) is 28.5.